The van der Waals surface area contributed by atoms with Gasteiger partial charge in [-0.05, 0) is 64.6 Å². The number of nitrogens with zero attached hydrogens (tertiary/aromatic N) is 1. The summed E-state index contributed by atoms with van der Waals surface area (Å²) in [5, 5.41) is 1.26. The Hall–Kier alpha value is -3.06. The largest absolute Gasteiger partial charge is 0.296 e. The topological polar surface area (TPSA) is 12.9 Å². The number of rotatable bonds is 2. The van der Waals surface area contributed by atoms with Gasteiger partial charge in [0.05, 0.1) is 5.52 Å². The van der Waals surface area contributed by atoms with Gasteiger partial charge in [-0.1, -0.05) is 60.7 Å². The fourth-order valence-electron chi connectivity index (χ4n) is 4.85. The van der Waals surface area contributed by atoms with E-state index in [0.29, 0.717) is 0 Å². The van der Waals surface area contributed by atoms with Crippen LogP contribution in [-0.2, 0) is 20.1 Å². The third-order valence-corrected chi connectivity index (χ3v) is 6.19. The molecule has 2 heteroatoms. The van der Waals surface area contributed by atoms with E-state index in [1.807, 2.05) is 6.07 Å². The zero-order valence-corrected chi connectivity index (χ0v) is 19.8. The van der Waals surface area contributed by atoms with E-state index in [9.17, 15) is 0 Å². The summed E-state index contributed by atoms with van der Waals surface area (Å²) in [6.45, 7) is 4.35. The number of fused-ring (bicyclic) bond motifs is 3. The van der Waals surface area contributed by atoms with Crippen LogP contribution in [-0.4, -0.2) is 4.98 Å². The first-order chi connectivity index (χ1) is 14.7. The van der Waals surface area contributed by atoms with Gasteiger partial charge in [0.2, 0.25) is 0 Å². The summed E-state index contributed by atoms with van der Waals surface area (Å²) in [4.78, 5) is 5.04. The fraction of sp³-hybridized carbons (Fsp3) is 0.0690. The maximum Gasteiger partial charge on any atom is 0.0607 e. The van der Waals surface area contributed by atoms with Gasteiger partial charge >= 0.3 is 0 Å². The Bertz CT molecular complexity index is 1450. The number of benzene rings is 4. The molecule has 1 heterocycles. The molecule has 0 fully saturated rings. The van der Waals surface area contributed by atoms with Gasteiger partial charge in [0, 0.05) is 25.5 Å². The van der Waals surface area contributed by atoms with Crippen molar-refractivity contribution in [3.63, 3.8) is 0 Å². The summed E-state index contributed by atoms with van der Waals surface area (Å²) < 4.78 is 0. The Kier molecular flexibility index (Phi) is 4.85. The zero-order valence-electron chi connectivity index (χ0n) is 17.4. The van der Waals surface area contributed by atoms with Gasteiger partial charge in [-0.3, -0.25) is 4.98 Å². The predicted octanol–water partition coefficient (Wildman–Crippen LogP) is 7.63. The molecule has 0 atom stereocenters. The van der Waals surface area contributed by atoms with Crippen molar-refractivity contribution in [2.24, 2.45) is 0 Å². The molecule has 0 unspecified atom stereocenters. The smallest absolute Gasteiger partial charge is 0.0607 e. The quantitative estimate of drug-likeness (QED) is 0.194. The fourth-order valence-corrected chi connectivity index (χ4v) is 4.85. The molecular weight excluding hydrogens is 555 g/mol. The van der Waals surface area contributed by atoms with Crippen LogP contribution < -0.4 is 0 Å². The molecule has 6 rings (SSSR count). The van der Waals surface area contributed by atoms with Crippen molar-refractivity contribution in [1.82, 2.24) is 4.98 Å². The minimum atomic E-state index is 0. The molecular formula is C29H20IrN-. The van der Waals surface area contributed by atoms with E-state index in [-0.39, 0.29) is 20.1 Å². The number of aryl methyl sites for hydroxylation is 2. The zero-order chi connectivity index (χ0) is 20.2. The van der Waals surface area contributed by atoms with Gasteiger partial charge in [0.1, 0.15) is 0 Å². The van der Waals surface area contributed by atoms with E-state index in [1.54, 1.807) is 0 Å². The summed E-state index contributed by atoms with van der Waals surface area (Å²) in [6.07, 6.45) is 0. The minimum Gasteiger partial charge on any atom is -0.296 e. The van der Waals surface area contributed by atoms with Crippen LogP contribution in [0.2, 0.25) is 0 Å². The second-order valence-corrected chi connectivity index (χ2v) is 8.06. The van der Waals surface area contributed by atoms with E-state index >= 15 is 0 Å². The molecule has 0 bridgehead atoms. The van der Waals surface area contributed by atoms with Gasteiger partial charge in [0.25, 0.3) is 0 Å². The molecule has 0 N–H and O–H groups in total. The van der Waals surface area contributed by atoms with Crippen LogP contribution in [0.25, 0.3) is 55.5 Å². The molecule has 1 nitrogen and oxygen atoms in total. The van der Waals surface area contributed by atoms with Crippen molar-refractivity contribution in [1.29, 1.82) is 0 Å². The van der Waals surface area contributed by atoms with Gasteiger partial charge in [-0.15, -0.1) is 35.4 Å². The van der Waals surface area contributed by atoms with Crippen LogP contribution in [0.1, 0.15) is 11.1 Å². The Balaban J connectivity index is 0.00000204. The Morgan fingerprint density at radius 2 is 1.35 bits per heavy atom. The summed E-state index contributed by atoms with van der Waals surface area (Å²) in [7, 11) is 0. The molecule has 31 heavy (non-hydrogen) atoms. The average Bonchev–Trinajstić information content (AvgIpc) is 3.10. The second kappa shape index (κ2) is 7.57. The van der Waals surface area contributed by atoms with Crippen molar-refractivity contribution < 1.29 is 20.1 Å². The van der Waals surface area contributed by atoms with E-state index in [1.165, 1.54) is 49.9 Å². The Labute approximate surface area is 196 Å². The van der Waals surface area contributed by atoms with Crippen LogP contribution in [0.3, 0.4) is 0 Å². The summed E-state index contributed by atoms with van der Waals surface area (Å²) in [6, 6.07) is 33.6. The minimum absolute atomic E-state index is 0. The maximum absolute atomic E-state index is 5.04. The molecule has 0 aliphatic heterocycles. The first-order valence-corrected chi connectivity index (χ1v) is 10.3. The molecule has 0 saturated carbocycles. The van der Waals surface area contributed by atoms with Crippen molar-refractivity contribution in [3.05, 3.63) is 102 Å². The summed E-state index contributed by atoms with van der Waals surface area (Å²) >= 11 is 0. The molecule has 1 aromatic heterocycles. The maximum atomic E-state index is 5.04. The molecule has 1 radical (unpaired) electrons. The number of aromatic nitrogens is 1. The molecule has 4 aromatic carbocycles. The van der Waals surface area contributed by atoms with E-state index in [2.05, 4.69) is 98.8 Å². The number of pyridine rings is 1. The Morgan fingerprint density at radius 1 is 0.677 bits per heavy atom. The third kappa shape index (κ3) is 3.06. The summed E-state index contributed by atoms with van der Waals surface area (Å²) in [5.74, 6) is 0. The average molecular weight is 575 g/mol. The van der Waals surface area contributed by atoms with Crippen molar-refractivity contribution in [3.8, 4) is 44.6 Å². The number of hydrogen-bond donors (Lipinski definition) is 0. The van der Waals surface area contributed by atoms with Gasteiger partial charge in [-0.25, -0.2) is 0 Å². The van der Waals surface area contributed by atoms with Crippen LogP contribution in [0.15, 0.2) is 84.9 Å². The monoisotopic (exact) mass is 575 g/mol. The van der Waals surface area contributed by atoms with Crippen LogP contribution >= 0.6 is 0 Å². The first kappa shape index (κ1) is 19.9. The van der Waals surface area contributed by atoms with Crippen LogP contribution in [0, 0.1) is 19.9 Å². The molecule has 0 spiro atoms. The first-order valence-electron chi connectivity index (χ1n) is 10.3. The van der Waals surface area contributed by atoms with E-state index in [0.717, 1.165) is 16.8 Å². The predicted molar refractivity (Wildman–Crippen MR) is 125 cm³/mol. The van der Waals surface area contributed by atoms with E-state index in [4.69, 9.17) is 4.98 Å². The molecule has 1 aliphatic carbocycles. The van der Waals surface area contributed by atoms with E-state index < -0.39 is 0 Å². The van der Waals surface area contributed by atoms with Gasteiger partial charge in [-0.2, -0.15) is 0 Å². The Morgan fingerprint density at radius 3 is 2.13 bits per heavy atom. The van der Waals surface area contributed by atoms with Crippen molar-refractivity contribution in [2.45, 2.75) is 13.8 Å². The third-order valence-electron chi connectivity index (χ3n) is 6.19. The van der Waals surface area contributed by atoms with Crippen molar-refractivity contribution >= 4 is 10.9 Å². The molecule has 5 aromatic rings. The van der Waals surface area contributed by atoms with Gasteiger partial charge < -0.3 is 0 Å². The SMILES string of the molecule is Cc1cccc(C)c1-c1cc[c-]c(-c2cc3c4c(cccc4n2)-c2ccccc2-3)c1.[Ir]. The molecule has 1 aliphatic rings. The summed E-state index contributed by atoms with van der Waals surface area (Å²) in [5.41, 5.74) is 13.3. The molecule has 151 valence electrons. The molecule has 0 amide bonds. The number of hydrogen-bond acceptors (Lipinski definition) is 1. The van der Waals surface area contributed by atoms with Crippen molar-refractivity contribution in [2.75, 3.05) is 0 Å². The van der Waals surface area contributed by atoms with Crippen LogP contribution in [0.5, 0.6) is 0 Å². The van der Waals surface area contributed by atoms with Crippen LogP contribution in [0.4, 0.5) is 0 Å². The second-order valence-electron chi connectivity index (χ2n) is 8.06. The normalized spacial score (nSPS) is 11.3. The molecule has 0 saturated heterocycles. The van der Waals surface area contributed by atoms with Gasteiger partial charge in [0.15, 0.2) is 0 Å². The standard InChI is InChI=1S/C29H20N.Ir/c1-18-8-5-9-19(2)28(18)21-11-6-10-20(16-21)27-17-25-23-13-4-3-12-22(23)24-14-7-15-26(30-27)29(24)25;/h3-9,11-17H,1-2H3;/q-1;.